The Bertz CT molecular complexity index is 588. The maximum absolute atomic E-state index is 12.7. The average Bonchev–Trinajstić information content (AvgIpc) is 2.81. The van der Waals surface area contributed by atoms with Gasteiger partial charge in [0.05, 0.1) is 5.69 Å². The summed E-state index contributed by atoms with van der Waals surface area (Å²) in [7, 11) is 2.00. The first-order valence-electron chi connectivity index (χ1n) is 9.19. The van der Waals surface area contributed by atoms with Crippen LogP contribution in [0.15, 0.2) is 0 Å². The number of aromatic nitrogens is 2. The third-order valence-electron chi connectivity index (χ3n) is 5.70. The van der Waals surface area contributed by atoms with Crippen LogP contribution in [0.1, 0.15) is 36.7 Å². The van der Waals surface area contributed by atoms with Crippen LogP contribution in [-0.2, 0) is 18.4 Å². The second-order valence-electron chi connectivity index (χ2n) is 7.45. The van der Waals surface area contributed by atoms with Gasteiger partial charge in [-0.1, -0.05) is 0 Å². The predicted octanol–water partition coefficient (Wildman–Crippen LogP) is 1.07. The number of amides is 1. The van der Waals surface area contributed by atoms with E-state index in [1.165, 1.54) is 11.3 Å². The van der Waals surface area contributed by atoms with Crippen molar-refractivity contribution in [3.63, 3.8) is 0 Å². The zero-order valence-electron chi connectivity index (χ0n) is 15.5. The Kier molecular flexibility index (Phi) is 5.25. The van der Waals surface area contributed by atoms with E-state index in [9.17, 15) is 4.79 Å². The first-order chi connectivity index (χ1) is 11.5. The molecule has 1 amide bonds. The minimum atomic E-state index is 0.218. The summed E-state index contributed by atoms with van der Waals surface area (Å²) in [6.45, 7) is 11.9. The molecule has 3 heterocycles. The number of hydrogen-bond acceptors (Lipinski definition) is 4. The van der Waals surface area contributed by atoms with Crippen LogP contribution in [0, 0.1) is 19.8 Å². The van der Waals surface area contributed by atoms with Gasteiger partial charge in [0.2, 0.25) is 5.91 Å². The number of rotatable bonds is 3. The summed E-state index contributed by atoms with van der Waals surface area (Å²) in [5.74, 6) is 0.590. The lowest BCUT2D eigenvalue weighted by molar-refractivity contribution is -0.138. The Balaban J connectivity index is 1.53. The summed E-state index contributed by atoms with van der Waals surface area (Å²) < 4.78 is 1.96. The van der Waals surface area contributed by atoms with Gasteiger partial charge in [0.1, 0.15) is 0 Å². The molecular formula is C18H31N5O. The van der Waals surface area contributed by atoms with Gasteiger partial charge in [-0.3, -0.25) is 14.4 Å². The van der Waals surface area contributed by atoms with Crippen molar-refractivity contribution < 1.29 is 4.79 Å². The first-order valence-corrected chi connectivity index (χ1v) is 9.19. The molecular weight excluding hydrogens is 302 g/mol. The number of piperidine rings is 1. The maximum Gasteiger partial charge on any atom is 0.225 e. The topological polar surface area (TPSA) is 53.4 Å². The van der Waals surface area contributed by atoms with Crippen molar-refractivity contribution in [3.8, 4) is 0 Å². The minimum absolute atomic E-state index is 0.218. The highest BCUT2D eigenvalue weighted by atomic mass is 16.2. The molecule has 1 aromatic rings. The summed E-state index contributed by atoms with van der Waals surface area (Å²) >= 11 is 0. The van der Waals surface area contributed by atoms with Crippen molar-refractivity contribution >= 4 is 5.91 Å². The van der Waals surface area contributed by atoms with Crippen LogP contribution >= 0.6 is 0 Å². The van der Waals surface area contributed by atoms with Gasteiger partial charge in [0.15, 0.2) is 0 Å². The van der Waals surface area contributed by atoms with E-state index < -0.39 is 0 Å². The van der Waals surface area contributed by atoms with E-state index in [0.29, 0.717) is 11.9 Å². The van der Waals surface area contributed by atoms with Gasteiger partial charge in [-0.15, -0.1) is 0 Å². The monoisotopic (exact) mass is 333 g/mol. The Morgan fingerprint density at radius 1 is 1.25 bits per heavy atom. The van der Waals surface area contributed by atoms with E-state index in [-0.39, 0.29) is 5.92 Å². The van der Waals surface area contributed by atoms with Crippen LogP contribution in [0.25, 0.3) is 0 Å². The van der Waals surface area contributed by atoms with Crippen molar-refractivity contribution in [2.75, 3.05) is 32.7 Å². The number of carbonyl (C=O) groups is 1. The smallest absolute Gasteiger partial charge is 0.225 e. The lowest BCUT2D eigenvalue weighted by Gasteiger charge is -2.38. The van der Waals surface area contributed by atoms with Crippen LogP contribution in [0.5, 0.6) is 0 Å². The Morgan fingerprint density at radius 2 is 1.96 bits per heavy atom. The molecule has 24 heavy (non-hydrogen) atoms. The van der Waals surface area contributed by atoms with Crippen molar-refractivity contribution in [3.05, 3.63) is 17.0 Å². The molecule has 2 fully saturated rings. The Labute approximate surface area is 145 Å². The van der Waals surface area contributed by atoms with E-state index in [4.69, 9.17) is 0 Å². The van der Waals surface area contributed by atoms with Crippen LogP contribution < -0.4 is 5.32 Å². The van der Waals surface area contributed by atoms with Gasteiger partial charge in [-0.05, 0) is 40.2 Å². The zero-order chi connectivity index (χ0) is 17.3. The standard InChI is InChI=1S/C18H31N5O/c1-13-11-16(5-6-19-13)18(24)23-9-7-22(8-10-23)12-17-14(2)20-21(4)15(17)3/h13,16,19H,5-12H2,1-4H3/t13-,16-/m0/s1. The molecule has 6 nitrogen and oxygen atoms in total. The van der Waals surface area contributed by atoms with Gasteiger partial charge < -0.3 is 10.2 Å². The summed E-state index contributed by atoms with van der Waals surface area (Å²) in [6.07, 6.45) is 1.96. The quantitative estimate of drug-likeness (QED) is 0.899. The van der Waals surface area contributed by atoms with Crippen molar-refractivity contribution in [1.29, 1.82) is 0 Å². The molecule has 2 saturated heterocycles. The molecule has 1 aromatic heterocycles. The van der Waals surface area contributed by atoms with E-state index in [1.807, 2.05) is 11.7 Å². The van der Waals surface area contributed by atoms with Gasteiger partial charge >= 0.3 is 0 Å². The van der Waals surface area contributed by atoms with Crippen LogP contribution in [0.2, 0.25) is 0 Å². The first kappa shape index (κ1) is 17.4. The normalized spacial score (nSPS) is 25.9. The van der Waals surface area contributed by atoms with Crippen LogP contribution in [0.3, 0.4) is 0 Å². The molecule has 0 aromatic carbocycles. The number of piperazine rings is 1. The van der Waals surface area contributed by atoms with Crippen LogP contribution in [0.4, 0.5) is 0 Å². The second-order valence-corrected chi connectivity index (χ2v) is 7.45. The second kappa shape index (κ2) is 7.23. The highest BCUT2D eigenvalue weighted by molar-refractivity contribution is 5.79. The highest BCUT2D eigenvalue weighted by Crippen LogP contribution is 2.21. The number of nitrogens with one attached hydrogen (secondary N) is 1. The summed E-state index contributed by atoms with van der Waals surface area (Å²) in [6, 6.07) is 0.463. The van der Waals surface area contributed by atoms with Gasteiger partial charge in [-0.2, -0.15) is 5.10 Å². The molecule has 2 atom stereocenters. The maximum atomic E-state index is 12.7. The lowest BCUT2D eigenvalue weighted by atomic mass is 9.92. The molecule has 0 aliphatic carbocycles. The van der Waals surface area contributed by atoms with E-state index in [2.05, 4.69) is 41.0 Å². The largest absolute Gasteiger partial charge is 0.340 e. The fourth-order valence-corrected chi connectivity index (χ4v) is 4.01. The number of nitrogens with zero attached hydrogens (tertiary/aromatic N) is 4. The van der Waals surface area contributed by atoms with Gasteiger partial charge in [0, 0.05) is 63.0 Å². The van der Waals surface area contributed by atoms with E-state index in [0.717, 1.165) is 57.8 Å². The summed E-state index contributed by atoms with van der Waals surface area (Å²) in [4.78, 5) is 17.3. The third kappa shape index (κ3) is 3.64. The summed E-state index contributed by atoms with van der Waals surface area (Å²) in [5.41, 5.74) is 3.70. The highest BCUT2D eigenvalue weighted by Gasteiger charge is 2.30. The van der Waals surface area contributed by atoms with Crippen LogP contribution in [-0.4, -0.2) is 64.3 Å². The molecule has 6 heteroatoms. The SMILES string of the molecule is Cc1nn(C)c(C)c1CN1CCN(C(=O)[C@H]2CCN[C@@H](C)C2)CC1. The molecule has 0 radical (unpaired) electrons. The Morgan fingerprint density at radius 3 is 2.54 bits per heavy atom. The number of hydrogen-bond donors (Lipinski definition) is 1. The zero-order valence-corrected chi connectivity index (χ0v) is 15.5. The molecule has 0 bridgehead atoms. The van der Waals surface area contributed by atoms with Crippen molar-refractivity contribution in [2.45, 2.75) is 46.2 Å². The number of aryl methyl sites for hydroxylation is 2. The van der Waals surface area contributed by atoms with E-state index in [1.54, 1.807) is 0 Å². The molecule has 0 unspecified atom stereocenters. The van der Waals surface area contributed by atoms with Crippen molar-refractivity contribution in [2.24, 2.45) is 13.0 Å². The minimum Gasteiger partial charge on any atom is -0.340 e. The average molecular weight is 333 g/mol. The fraction of sp³-hybridized carbons (Fsp3) is 0.778. The van der Waals surface area contributed by atoms with Gasteiger partial charge in [0.25, 0.3) is 0 Å². The van der Waals surface area contributed by atoms with Crippen molar-refractivity contribution in [1.82, 2.24) is 24.9 Å². The third-order valence-corrected chi connectivity index (χ3v) is 5.70. The number of carbonyl (C=O) groups excluding carboxylic acids is 1. The predicted molar refractivity (Wildman–Crippen MR) is 94.7 cm³/mol. The molecule has 3 rings (SSSR count). The molecule has 0 spiro atoms. The molecule has 2 aliphatic heterocycles. The van der Waals surface area contributed by atoms with E-state index >= 15 is 0 Å². The molecule has 1 N–H and O–H groups in total. The fourth-order valence-electron chi connectivity index (χ4n) is 4.01. The Hall–Kier alpha value is -1.40. The molecule has 134 valence electrons. The van der Waals surface area contributed by atoms with Gasteiger partial charge in [-0.25, -0.2) is 0 Å². The molecule has 2 aliphatic rings. The molecule has 0 saturated carbocycles. The summed E-state index contributed by atoms with van der Waals surface area (Å²) in [5, 5.41) is 7.94. The lowest BCUT2D eigenvalue weighted by Crippen LogP contribution is -2.51.